The zero-order valence-electron chi connectivity index (χ0n) is 13.4. The molecule has 1 aromatic carbocycles. The molecule has 4 N–H and O–H groups in total. The predicted molar refractivity (Wildman–Crippen MR) is 105 cm³/mol. The normalized spacial score (nSPS) is 14.3. The Morgan fingerprint density at radius 1 is 1.29 bits per heavy atom. The number of guanidine groups is 1. The lowest BCUT2D eigenvalue weighted by Gasteiger charge is -2.13. The molecule has 0 radical (unpaired) electrons. The molecular weight excluding hydrogens is 447 g/mol. The molecule has 0 saturated carbocycles. The van der Waals surface area contributed by atoms with Crippen LogP contribution in [0.15, 0.2) is 23.2 Å². The number of sulfonamides is 1. The summed E-state index contributed by atoms with van der Waals surface area (Å²) in [5, 5.41) is 11.1. The van der Waals surface area contributed by atoms with Gasteiger partial charge in [0.1, 0.15) is 0 Å². The molecule has 0 unspecified atom stereocenters. The Labute approximate surface area is 159 Å². The van der Waals surface area contributed by atoms with Crippen molar-refractivity contribution < 1.29 is 17.9 Å². The van der Waals surface area contributed by atoms with Crippen LogP contribution in [0.25, 0.3) is 0 Å². The number of ether oxygens (including phenoxy) is 2. The van der Waals surface area contributed by atoms with E-state index < -0.39 is 10.0 Å². The zero-order chi connectivity index (χ0) is 16.7. The fraction of sp³-hybridized carbons (Fsp3) is 0.500. The summed E-state index contributed by atoms with van der Waals surface area (Å²) >= 11 is 0. The number of fused-ring (bicyclic) bond motifs is 1. The maximum atomic E-state index is 11.0. The van der Waals surface area contributed by atoms with Gasteiger partial charge in [0.05, 0.1) is 25.5 Å². The second kappa shape index (κ2) is 9.89. The van der Waals surface area contributed by atoms with Crippen molar-refractivity contribution in [1.29, 1.82) is 0 Å². The quantitative estimate of drug-likeness (QED) is 0.338. The van der Waals surface area contributed by atoms with Gasteiger partial charge in [-0.2, -0.15) is 0 Å². The summed E-state index contributed by atoms with van der Waals surface area (Å²) in [7, 11) is -3.52. The van der Waals surface area contributed by atoms with E-state index in [1.54, 1.807) is 0 Å². The fourth-order valence-corrected chi connectivity index (χ4v) is 2.32. The molecule has 0 saturated heterocycles. The zero-order valence-corrected chi connectivity index (χ0v) is 16.6. The first-order chi connectivity index (χ1) is 11.0. The van der Waals surface area contributed by atoms with Crippen molar-refractivity contribution in [2.24, 2.45) is 10.1 Å². The first-order valence-electron chi connectivity index (χ1n) is 7.43. The molecule has 0 aliphatic carbocycles. The van der Waals surface area contributed by atoms with Gasteiger partial charge in [-0.05, 0) is 19.1 Å². The Balaban J connectivity index is 0.00000288. The summed E-state index contributed by atoms with van der Waals surface area (Å²) in [6.07, 6.45) is 0.842. The summed E-state index contributed by atoms with van der Waals surface area (Å²) < 4.78 is 33.1. The van der Waals surface area contributed by atoms with Crippen LogP contribution in [0.1, 0.15) is 13.3 Å². The van der Waals surface area contributed by atoms with Gasteiger partial charge in [0.15, 0.2) is 17.5 Å². The van der Waals surface area contributed by atoms with Crippen LogP contribution in [0, 0.1) is 0 Å². The van der Waals surface area contributed by atoms with Crippen molar-refractivity contribution >= 4 is 45.6 Å². The maximum Gasteiger partial charge on any atom is 0.210 e. The average Bonchev–Trinajstić information content (AvgIpc) is 2.71. The highest BCUT2D eigenvalue weighted by atomic mass is 127. The molecular formula is C14H23IN4O4S. The fourth-order valence-electron chi connectivity index (χ4n) is 1.97. The van der Waals surface area contributed by atoms with E-state index in [4.69, 9.17) is 14.6 Å². The summed E-state index contributed by atoms with van der Waals surface area (Å²) in [5.74, 6) is 1.66. The number of nitrogens with one attached hydrogen (secondary N) is 2. The maximum absolute atomic E-state index is 11.0. The Hall–Kier alpha value is -1.27. The highest BCUT2D eigenvalue weighted by molar-refractivity contribution is 14.0. The lowest BCUT2D eigenvalue weighted by atomic mass is 10.3. The Bertz CT molecular complexity index is 667. The standard InChI is InChI=1S/C14H22N4O4S.HI/c1-2-16-14(17-6-9-23(15,19)20)18-11-4-5-12-13(10-11)22-8-3-7-21-12;/h4-5,10H,2-3,6-9H2,1H3,(H2,15,19,20)(H2,16,17,18);1H. The lowest BCUT2D eigenvalue weighted by molar-refractivity contribution is 0.297. The highest BCUT2D eigenvalue weighted by Gasteiger charge is 2.11. The van der Waals surface area contributed by atoms with Crippen molar-refractivity contribution in [1.82, 2.24) is 5.32 Å². The largest absolute Gasteiger partial charge is 0.490 e. The molecule has 0 atom stereocenters. The van der Waals surface area contributed by atoms with E-state index in [0.717, 1.165) is 12.1 Å². The second-order valence-corrected chi connectivity index (χ2v) is 6.70. The molecule has 0 spiro atoms. The van der Waals surface area contributed by atoms with Gasteiger partial charge in [-0.25, -0.2) is 13.6 Å². The number of halogens is 1. The van der Waals surface area contributed by atoms with Crippen LogP contribution in [0.4, 0.5) is 5.69 Å². The summed E-state index contributed by atoms with van der Waals surface area (Å²) in [6, 6.07) is 5.50. The molecule has 1 heterocycles. The number of nitrogens with zero attached hydrogens (tertiary/aromatic N) is 1. The molecule has 8 nitrogen and oxygen atoms in total. The molecule has 0 fully saturated rings. The SMILES string of the molecule is CCNC(=NCCS(N)(=O)=O)Nc1ccc2c(c1)OCCCO2.I. The minimum atomic E-state index is -3.52. The number of aliphatic imine (C=N–C) groups is 1. The van der Waals surface area contributed by atoms with Crippen LogP contribution in [0.5, 0.6) is 11.5 Å². The Morgan fingerprint density at radius 3 is 2.67 bits per heavy atom. The number of hydrogen-bond acceptors (Lipinski definition) is 5. The molecule has 10 heteroatoms. The van der Waals surface area contributed by atoms with Gasteiger partial charge in [0.25, 0.3) is 0 Å². The lowest BCUT2D eigenvalue weighted by Crippen LogP contribution is -2.31. The molecule has 1 aliphatic rings. The topological polar surface area (TPSA) is 115 Å². The third-order valence-electron chi connectivity index (χ3n) is 3.00. The van der Waals surface area contributed by atoms with E-state index in [2.05, 4.69) is 15.6 Å². The van der Waals surface area contributed by atoms with Crippen LogP contribution in [-0.2, 0) is 10.0 Å². The van der Waals surface area contributed by atoms with Gasteiger partial charge in [0, 0.05) is 24.7 Å². The molecule has 24 heavy (non-hydrogen) atoms. The summed E-state index contributed by atoms with van der Waals surface area (Å²) in [6.45, 7) is 3.89. The number of benzene rings is 1. The van der Waals surface area contributed by atoms with Gasteiger partial charge < -0.3 is 20.1 Å². The molecule has 0 aromatic heterocycles. The molecule has 0 bridgehead atoms. The van der Waals surface area contributed by atoms with Gasteiger partial charge in [-0.1, -0.05) is 0 Å². The van der Waals surface area contributed by atoms with E-state index >= 15 is 0 Å². The van der Waals surface area contributed by atoms with E-state index in [0.29, 0.717) is 37.2 Å². The van der Waals surface area contributed by atoms with Crippen LogP contribution in [0.3, 0.4) is 0 Å². The van der Waals surface area contributed by atoms with Gasteiger partial charge >= 0.3 is 0 Å². The van der Waals surface area contributed by atoms with E-state index in [1.807, 2.05) is 25.1 Å². The first-order valence-corrected chi connectivity index (χ1v) is 9.15. The third kappa shape index (κ3) is 7.09. The van der Waals surface area contributed by atoms with Crippen molar-refractivity contribution in [2.45, 2.75) is 13.3 Å². The predicted octanol–water partition coefficient (Wildman–Crippen LogP) is 1.13. The van der Waals surface area contributed by atoms with E-state index in [1.165, 1.54) is 0 Å². The van der Waals surface area contributed by atoms with Crippen molar-refractivity contribution in [2.75, 3.05) is 37.4 Å². The molecule has 0 amide bonds. The second-order valence-electron chi connectivity index (χ2n) is 4.96. The first kappa shape index (κ1) is 20.8. The number of nitrogens with two attached hydrogens (primary N) is 1. The van der Waals surface area contributed by atoms with E-state index in [9.17, 15) is 8.42 Å². The van der Waals surface area contributed by atoms with Crippen molar-refractivity contribution in [3.8, 4) is 11.5 Å². The Morgan fingerprint density at radius 2 is 2.00 bits per heavy atom. The highest BCUT2D eigenvalue weighted by Crippen LogP contribution is 2.32. The van der Waals surface area contributed by atoms with Gasteiger partial charge in [-0.15, -0.1) is 24.0 Å². The monoisotopic (exact) mass is 470 g/mol. The summed E-state index contributed by atoms with van der Waals surface area (Å²) in [5.41, 5.74) is 0.768. The van der Waals surface area contributed by atoms with E-state index in [-0.39, 0.29) is 36.3 Å². The number of hydrogen-bond donors (Lipinski definition) is 3. The molecule has 1 aliphatic heterocycles. The summed E-state index contributed by atoms with van der Waals surface area (Å²) in [4.78, 5) is 4.19. The molecule has 1 aromatic rings. The van der Waals surface area contributed by atoms with Gasteiger partial charge in [0.2, 0.25) is 10.0 Å². The van der Waals surface area contributed by atoms with Crippen LogP contribution < -0.4 is 25.2 Å². The Kier molecular flexibility index (Phi) is 8.56. The number of rotatable bonds is 5. The van der Waals surface area contributed by atoms with Crippen LogP contribution in [-0.4, -0.2) is 46.4 Å². The van der Waals surface area contributed by atoms with Crippen LogP contribution in [0.2, 0.25) is 0 Å². The minimum absolute atomic E-state index is 0. The van der Waals surface area contributed by atoms with Gasteiger partial charge in [-0.3, -0.25) is 4.99 Å². The van der Waals surface area contributed by atoms with Crippen LogP contribution >= 0.6 is 24.0 Å². The van der Waals surface area contributed by atoms with Crippen molar-refractivity contribution in [3.63, 3.8) is 0 Å². The third-order valence-corrected chi connectivity index (χ3v) is 3.75. The molecule has 2 rings (SSSR count). The number of anilines is 1. The van der Waals surface area contributed by atoms with Crippen molar-refractivity contribution in [3.05, 3.63) is 18.2 Å². The minimum Gasteiger partial charge on any atom is -0.490 e. The molecule has 136 valence electrons. The average molecular weight is 470 g/mol. The number of primary sulfonamides is 1. The smallest absolute Gasteiger partial charge is 0.210 e.